The first-order valence-electron chi connectivity index (χ1n) is 9.00. The van der Waals surface area contributed by atoms with E-state index in [9.17, 15) is 14.4 Å². The Morgan fingerprint density at radius 2 is 1.54 bits per heavy atom. The topological polar surface area (TPSA) is 93.7 Å². The highest BCUT2D eigenvalue weighted by molar-refractivity contribution is 5.94. The van der Waals surface area contributed by atoms with E-state index < -0.39 is 18.1 Å². The summed E-state index contributed by atoms with van der Waals surface area (Å²) >= 11 is 0. The van der Waals surface area contributed by atoms with Crippen molar-refractivity contribution in [1.29, 1.82) is 0 Å². The van der Waals surface area contributed by atoms with Gasteiger partial charge in [0.05, 0.1) is 6.54 Å². The van der Waals surface area contributed by atoms with E-state index in [-0.39, 0.29) is 25.0 Å². The highest BCUT2D eigenvalue weighted by Gasteiger charge is 2.26. The van der Waals surface area contributed by atoms with E-state index >= 15 is 0 Å². The molecule has 0 unspecified atom stereocenters. The molecule has 1 atom stereocenters. The maximum atomic E-state index is 12.3. The number of nitrogens with one attached hydrogen (secondary N) is 2. The minimum absolute atomic E-state index is 0.00393. The van der Waals surface area contributed by atoms with Gasteiger partial charge in [0.25, 0.3) is 5.91 Å². The van der Waals surface area contributed by atoms with E-state index in [0.717, 1.165) is 0 Å². The second kappa shape index (κ2) is 10.7. The lowest BCUT2D eigenvalue weighted by Crippen LogP contribution is -2.46. The first-order valence-corrected chi connectivity index (χ1v) is 9.00. The van der Waals surface area contributed by atoms with Gasteiger partial charge in [-0.15, -0.1) is 0 Å². The minimum atomic E-state index is -0.860. The number of hydrogen-bond donors (Lipinski definition) is 2. The van der Waals surface area contributed by atoms with Crippen LogP contribution in [-0.4, -0.2) is 37.2 Å². The van der Waals surface area contributed by atoms with Crippen LogP contribution in [0.1, 0.15) is 24.2 Å². The van der Waals surface area contributed by atoms with E-state index in [1.807, 2.05) is 6.07 Å². The van der Waals surface area contributed by atoms with Crippen LogP contribution in [0, 0.1) is 5.92 Å². The van der Waals surface area contributed by atoms with Gasteiger partial charge in [-0.1, -0.05) is 50.2 Å². The number of ether oxygens (including phenoxy) is 2. The van der Waals surface area contributed by atoms with Gasteiger partial charge in [0.2, 0.25) is 0 Å². The molecule has 0 heterocycles. The molecule has 0 bridgehead atoms. The van der Waals surface area contributed by atoms with E-state index in [1.54, 1.807) is 68.4 Å². The molecular weight excluding hydrogens is 360 g/mol. The summed E-state index contributed by atoms with van der Waals surface area (Å²) in [4.78, 5) is 36.2. The monoisotopic (exact) mass is 384 g/mol. The number of carbonyl (C=O) groups is 3. The first kappa shape index (κ1) is 21.0. The Balaban J connectivity index is 1.77. The van der Waals surface area contributed by atoms with Gasteiger partial charge in [-0.3, -0.25) is 4.79 Å². The van der Waals surface area contributed by atoms with Crippen molar-refractivity contribution >= 4 is 18.0 Å². The molecule has 7 nitrogen and oxygen atoms in total. The highest BCUT2D eigenvalue weighted by Crippen LogP contribution is 2.10. The molecule has 2 amide bonds. The van der Waals surface area contributed by atoms with Crippen LogP contribution in [0.2, 0.25) is 0 Å². The summed E-state index contributed by atoms with van der Waals surface area (Å²) in [5.74, 6) is -0.662. The van der Waals surface area contributed by atoms with E-state index in [1.165, 1.54) is 0 Å². The van der Waals surface area contributed by atoms with Crippen molar-refractivity contribution in [3.8, 4) is 5.75 Å². The van der Waals surface area contributed by atoms with E-state index in [2.05, 4.69) is 10.6 Å². The van der Waals surface area contributed by atoms with Crippen molar-refractivity contribution in [1.82, 2.24) is 10.6 Å². The van der Waals surface area contributed by atoms with E-state index in [0.29, 0.717) is 11.3 Å². The summed E-state index contributed by atoms with van der Waals surface area (Å²) < 4.78 is 10.3. The molecule has 2 aromatic rings. The van der Waals surface area contributed by atoms with Crippen LogP contribution < -0.4 is 15.4 Å². The first-order chi connectivity index (χ1) is 13.5. The van der Waals surface area contributed by atoms with E-state index in [4.69, 9.17) is 9.47 Å². The lowest BCUT2D eigenvalue weighted by Gasteiger charge is -2.20. The van der Waals surface area contributed by atoms with Crippen LogP contribution in [0.3, 0.4) is 0 Å². The van der Waals surface area contributed by atoms with Crippen molar-refractivity contribution in [3.63, 3.8) is 0 Å². The number of amides is 2. The Labute approximate surface area is 164 Å². The number of para-hydroxylation sites is 1. The molecule has 148 valence electrons. The normalized spacial score (nSPS) is 11.4. The molecule has 0 aliphatic carbocycles. The van der Waals surface area contributed by atoms with Crippen molar-refractivity contribution < 1.29 is 23.9 Å². The lowest BCUT2D eigenvalue weighted by molar-refractivity contribution is -0.147. The third-order valence-corrected chi connectivity index (χ3v) is 3.82. The fourth-order valence-electron chi connectivity index (χ4n) is 2.35. The molecule has 0 aliphatic heterocycles. The predicted octanol–water partition coefficient (Wildman–Crippen LogP) is 2.77. The van der Waals surface area contributed by atoms with Crippen LogP contribution in [0.4, 0.5) is 4.79 Å². The maximum Gasteiger partial charge on any atom is 0.413 e. The minimum Gasteiger partial charge on any atom is -0.462 e. The Morgan fingerprint density at radius 1 is 0.929 bits per heavy atom. The molecule has 7 heteroatoms. The van der Waals surface area contributed by atoms with Crippen molar-refractivity contribution in [2.24, 2.45) is 5.92 Å². The van der Waals surface area contributed by atoms with Crippen LogP contribution in [0.5, 0.6) is 5.75 Å². The molecule has 0 aliphatic rings. The summed E-state index contributed by atoms with van der Waals surface area (Å²) in [6, 6.07) is 16.4. The summed E-state index contributed by atoms with van der Waals surface area (Å²) in [6.07, 6.45) is -0.737. The van der Waals surface area contributed by atoms with Gasteiger partial charge in [0.15, 0.2) is 0 Å². The second-order valence-corrected chi connectivity index (χ2v) is 6.36. The Morgan fingerprint density at radius 3 is 2.14 bits per heavy atom. The predicted molar refractivity (Wildman–Crippen MR) is 104 cm³/mol. The molecule has 0 radical (unpaired) electrons. The number of carbonyl (C=O) groups excluding carboxylic acids is 3. The molecule has 2 aromatic carbocycles. The smallest absolute Gasteiger partial charge is 0.413 e. The summed E-state index contributed by atoms with van der Waals surface area (Å²) in [6.45, 7) is 3.73. The Kier molecular flexibility index (Phi) is 8.02. The standard InChI is InChI=1S/C21H24N2O5/c1-15(2)18(23-21(26)28-17-11-7-4-8-12-17)20(25)27-14-13-22-19(24)16-9-5-3-6-10-16/h3-12,15,18H,13-14H2,1-2H3,(H,22,24)(H,23,26)/t18-/m0/s1. The molecule has 2 N–H and O–H groups in total. The quantitative estimate of drug-likeness (QED) is 0.539. The zero-order valence-corrected chi connectivity index (χ0v) is 15.9. The average molecular weight is 384 g/mol. The van der Waals surface area contributed by atoms with Crippen LogP contribution in [0.15, 0.2) is 60.7 Å². The van der Waals surface area contributed by atoms with Crippen LogP contribution in [-0.2, 0) is 9.53 Å². The van der Waals surface area contributed by atoms with Gasteiger partial charge in [0, 0.05) is 5.56 Å². The Bertz CT molecular complexity index is 778. The molecule has 0 saturated heterocycles. The fourth-order valence-corrected chi connectivity index (χ4v) is 2.35. The second-order valence-electron chi connectivity index (χ2n) is 6.36. The van der Waals surface area contributed by atoms with Crippen molar-refractivity contribution in [2.45, 2.75) is 19.9 Å². The number of hydrogen-bond acceptors (Lipinski definition) is 5. The molecule has 0 saturated carbocycles. The summed E-state index contributed by atoms with van der Waals surface area (Å²) in [5.41, 5.74) is 0.527. The zero-order valence-electron chi connectivity index (χ0n) is 15.9. The molecular formula is C21H24N2O5. The maximum absolute atomic E-state index is 12.3. The van der Waals surface area contributed by atoms with Crippen LogP contribution in [0.25, 0.3) is 0 Å². The molecule has 0 spiro atoms. The van der Waals surface area contributed by atoms with Crippen LogP contribution >= 0.6 is 0 Å². The number of rotatable bonds is 8. The van der Waals surface area contributed by atoms with Gasteiger partial charge < -0.3 is 20.1 Å². The van der Waals surface area contributed by atoms with Crippen molar-refractivity contribution in [2.75, 3.05) is 13.2 Å². The number of benzene rings is 2. The largest absolute Gasteiger partial charge is 0.462 e. The molecule has 2 rings (SSSR count). The van der Waals surface area contributed by atoms with Gasteiger partial charge in [-0.05, 0) is 30.2 Å². The summed E-state index contributed by atoms with van der Waals surface area (Å²) in [7, 11) is 0. The lowest BCUT2D eigenvalue weighted by atomic mass is 10.1. The van der Waals surface area contributed by atoms with Gasteiger partial charge in [-0.2, -0.15) is 0 Å². The van der Waals surface area contributed by atoms with Gasteiger partial charge in [-0.25, -0.2) is 9.59 Å². The fraction of sp³-hybridized carbons (Fsp3) is 0.286. The number of esters is 1. The molecule has 28 heavy (non-hydrogen) atoms. The third kappa shape index (κ3) is 6.75. The molecule has 0 fully saturated rings. The average Bonchev–Trinajstić information content (AvgIpc) is 2.70. The van der Waals surface area contributed by atoms with Gasteiger partial charge in [0.1, 0.15) is 18.4 Å². The Hall–Kier alpha value is -3.35. The molecule has 0 aromatic heterocycles. The van der Waals surface area contributed by atoms with Gasteiger partial charge >= 0.3 is 12.1 Å². The van der Waals surface area contributed by atoms with Crippen molar-refractivity contribution in [3.05, 3.63) is 66.2 Å². The third-order valence-electron chi connectivity index (χ3n) is 3.82. The highest BCUT2D eigenvalue weighted by atomic mass is 16.6. The zero-order chi connectivity index (χ0) is 20.4. The SMILES string of the molecule is CC(C)[C@H](NC(=O)Oc1ccccc1)C(=O)OCCNC(=O)c1ccccc1. The summed E-state index contributed by atoms with van der Waals surface area (Å²) in [5, 5.41) is 5.18.